The van der Waals surface area contributed by atoms with Gasteiger partial charge in [-0.3, -0.25) is 0 Å². The summed E-state index contributed by atoms with van der Waals surface area (Å²) in [6, 6.07) is 7.12. The molecule has 0 amide bonds. The normalized spacial score (nSPS) is 14.2. The summed E-state index contributed by atoms with van der Waals surface area (Å²) in [4.78, 5) is 0. The highest BCUT2D eigenvalue weighted by Crippen LogP contribution is 2.27. The minimum atomic E-state index is -2.79. The van der Waals surface area contributed by atoms with Crippen molar-refractivity contribution in [3.05, 3.63) is 24.3 Å². The number of halogens is 2. The van der Waals surface area contributed by atoms with E-state index >= 15 is 0 Å². The zero-order valence-electron chi connectivity index (χ0n) is 11.8. The summed E-state index contributed by atoms with van der Waals surface area (Å²) in [6.07, 6.45) is 3.09. The standard InChI is InChI=1S/C15H23F2NO/c1-4-11(3)10-12(5-2)18-13-8-6-7-9-14(13)19-15(16)17/h6-9,11-12,15,18H,4-5,10H2,1-3H3. The second-order valence-electron chi connectivity index (χ2n) is 4.87. The fraction of sp³-hybridized carbons (Fsp3) is 0.600. The highest BCUT2D eigenvalue weighted by atomic mass is 19.3. The number of alkyl halides is 2. The molecule has 0 bridgehead atoms. The molecule has 0 spiro atoms. The number of para-hydroxylation sites is 2. The lowest BCUT2D eigenvalue weighted by atomic mass is 9.97. The van der Waals surface area contributed by atoms with Gasteiger partial charge in [-0.05, 0) is 30.9 Å². The molecule has 0 saturated heterocycles. The first-order chi connectivity index (χ1) is 9.06. The van der Waals surface area contributed by atoms with Crippen molar-refractivity contribution in [2.45, 2.75) is 52.7 Å². The molecule has 0 radical (unpaired) electrons. The van der Waals surface area contributed by atoms with Gasteiger partial charge in [0.2, 0.25) is 0 Å². The maximum atomic E-state index is 12.3. The molecular weight excluding hydrogens is 248 g/mol. The van der Waals surface area contributed by atoms with E-state index in [1.807, 2.05) is 6.07 Å². The van der Waals surface area contributed by atoms with Gasteiger partial charge in [-0.25, -0.2) is 0 Å². The summed E-state index contributed by atoms with van der Waals surface area (Å²) < 4.78 is 29.2. The molecule has 2 unspecified atom stereocenters. The maximum Gasteiger partial charge on any atom is 0.387 e. The first-order valence-corrected chi connectivity index (χ1v) is 6.87. The second-order valence-corrected chi connectivity index (χ2v) is 4.87. The Bertz CT molecular complexity index is 371. The Kier molecular flexibility index (Phi) is 6.60. The fourth-order valence-corrected chi connectivity index (χ4v) is 1.98. The Morgan fingerprint density at radius 2 is 1.84 bits per heavy atom. The van der Waals surface area contributed by atoms with E-state index in [2.05, 4.69) is 30.8 Å². The van der Waals surface area contributed by atoms with Crippen LogP contribution in [0.25, 0.3) is 0 Å². The molecule has 0 saturated carbocycles. The predicted octanol–water partition coefficient (Wildman–Crippen LogP) is 4.91. The van der Waals surface area contributed by atoms with Crippen molar-refractivity contribution in [1.82, 2.24) is 0 Å². The smallest absolute Gasteiger partial charge is 0.387 e. The zero-order chi connectivity index (χ0) is 14.3. The molecule has 0 aliphatic carbocycles. The van der Waals surface area contributed by atoms with Crippen LogP contribution in [-0.2, 0) is 0 Å². The minimum absolute atomic E-state index is 0.208. The Balaban J connectivity index is 2.73. The van der Waals surface area contributed by atoms with E-state index in [1.165, 1.54) is 0 Å². The summed E-state index contributed by atoms with van der Waals surface area (Å²) in [6.45, 7) is 3.66. The average Bonchev–Trinajstić information content (AvgIpc) is 2.39. The van der Waals surface area contributed by atoms with Crippen LogP contribution in [0.1, 0.15) is 40.0 Å². The fourth-order valence-electron chi connectivity index (χ4n) is 1.98. The van der Waals surface area contributed by atoms with Crippen molar-refractivity contribution in [3.8, 4) is 5.75 Å². The Morgan fingerprint density at radius 1 is 1.16 bits per heavy atom. The Hall–Kier alpha value is -1.32. The number of benzene rings is 1. The minimum Gasteiger partial charge on any atom is -0.433 e. The van der Waals surface area contributed by atoms with Crippen LogP contribution < -0.4 is 10.1 Å². The monoisotopic (exact) mass is 271 g/mol. The van der Waals surface area contributed by atoms with E-state index in [-0.39, 0.29) is 11.8 Å². The van der Waals surface area contributed by atoms with Crippen molar-refractivity contribution < 1.29 is 13.5 Å². The van der Waals surface area contributed by atoms with Crippen LogP contribution in [0.4, 0.5) is 14.5 Å². The van der Waals surface area contributed by atoms with Gasteiger partial charge in [0.1, 0.15) is 5.75 Å². The van der Waals surface area contributed by atoms with Gasteiger partial charge in [-0.2, -0.15) is 8.78 Å². The highest BCUT2D eigenvalue weighted by Gasteiger charge is 2.14. The van der Waals surface area contributed by atoms with Crippen molar-refractivity contribution in [2.24, 2.45) is 5.92 Å². The van der Waals surface area contributed by atoms with Gasteiger partial charge in [0.25, 0.3) is 0 Å². The lowest BCUT2D eigenvalue weighted by Gasteiger charge is -2.22. The van der Waals surface area contributed by atoms with Crippen molar-refractivity contribution in [3.63, 3.8) is 0 Å². The van der Waals surface area contributed by atoms with Crippen LogP contribution in [0.2, 0.25) is 0 Å². The molecule has 4 heteroatoms. The van der Waals surface area contributed by atoms with Gasteiger partial charge in [0.15, 0.2) is 0 Å². The summed E-state index contributed by atoms with van der Waals surface area (Å²) in [5.74, 6) is 0.820. The maximum absolute atomic E-state index is 12.3. The predicted molar refractivity (Wildman–Crippen MR) is 74.8 cm³/mol. The molecule has 1 N–H and O–H groups in total. The molecule has 0 fully saturated rings. The first kappa shape index (κ1) is 15.7. The van der Waals surface area contributed by atoms with E-state index in [4.69, 9.17) is 0 Å². The van der Waals surface area contributed by atoms with Crippen molar-refractivity contribution in [1.29, 1.82) is 0 Å². The van der Waals surface area contributed by atoms with Crippen LogP contribution in [0.3, 0.4) is 0 Å². The van der Waals surface area contributed by atoms with E-state index in [0.29, 0.717) is 11.6 Å². The lowest BCUT2D eigenvalue weighted by Crippen LogP contribution is -2.22. The zero-order valence-corrected chi connectivity index (χ0v) is 11.8. The topological polar surface area (TPSA) is 21.3 Å². The van der Waals surface area contributed by atoms with E-state index in [9.17, 15) is 8.78 Å². The van der Waals surface area contributed by atoms with Crippen LogP contribution in [0.5, 0.6) is 5.75 Å². The van der Waals surface area contributed by atoms with Gasteiger partial charge >= 0.3 is 6.61 Å². The van der Waals surface area contributed by atoms with E-state index in [1.54, 1.807) is 18.2 Å². The Morgan fingerprint density at radius 3 is 2.42 bits per heavy atom. The third-order valence-corrected chi connectivity index (χ3v) is 3.34. The summed E-state index contributed by atoms with van der Waals surface area (Å²) in [5, 5.41) is 3.31. The van der Waals surface area contributed by atoms with Crippen molar-refractivity contribution in [2.75, 3.05) is 5.32 Å². The van der Waals surface area contributed by atoms with Crippen molar-refractivity contribution >= 4 is 5.69 Å². The van der Waals surface area contributed by atoms with Gasteiger partial charge in [-0.15, -0.1) is 0 Å². The number of anilines is 1. The lowest BCUT2D eigenvalue weighted by molar-refractivity contribution is -0.0493. The third kappa shape index (κ3) is 5.45. The molecule has 0 aliphatic heterocycles. The largest absolute Gasteiger partial charge is 0.433 e. The number of nitrogens with one attached hydrogen (secondary N) is 1. The quantitative estimate of drug-likeness (QED) is 0.725. The summed E-state index contributed by atoms with van der Waals surface area (Å²) in [5.41, 5.74) is 0.637. The SMILES string of the molecule is CCC(C)CC(CC)Nc1ccccc1OC(F)F. The molecule has 0 aromatic heterocycles. The molecule has 2 nitrogen and oxygen atoms in total. The molecule has 0 aliphatic rings. The number of hydrogen-bond donors (Lipinski definition) is 1. The Labute approximate surface area is 114 Å². The molecule has 1 aromatic carbocycles. The molecule has 19 heavy (non-hydrogen) atoms. The highest BCUT2D eigenvalue weighted by molar-refractivity contribution is 5.56. The van der Waals surface area contributed by atoms with E-state index in [0.717, 1.165) is 19.3 Å². The molecule has 1 aromatic rings. The number of rotatable bonds is 8. The summed E-state index contributed by atoms with van der Waals surface area (Å²) >= 11 is 0. The van der Waals surface area contributed by atoms with Gasteiger partial charge < -0.3 is 10.1 Å². The van der Waals surface area contributed by atoms with Crippen LogP contribution in [-0.4, -0.2) is 12.7 Å². The van der Waals surface area contributed by atoms with Gasteiger partial charge in [0.05, 0.1) is 5.69 Å². The molecule has 2 atom stereocenters. The number of ether oxygens (including phenoxy) is 1. The second kappa shape index (κ2) is 7.97. The van der Waals surface area contributed by atoms with Gasteiger partial charge in [-0.1, -0.05) is 39.3 Å². The molecule has 0 heterocycles. The average molecular weight is 271 g/mol. The first-order valence-electron chi connectivity index (χ1n) is 6.87. The van der Waals surface area contributed by atoms with Gasteiger partial charge in [0, 0.05) is 6.04 Å². The van der Waals surface area contributed by atoms with Crippen LogP contribution in [0, 0.1) is 5.92 Å². The summed E-state index contributed by atoms with van der Waals surface area (Å²) in [7, 11) is 0. The van der Waals surface area contributed by atoms with Crippen LogP contribution in [0.15, 0.2) is 24.3 Å². The molecular formula is C15H23F2NO. The van der Waals surface area contributed by atoms with E-state index < -0.39 is 6.61 Å². The third-order valence-electron chi connectivity index (χ3n) is 3.34. The molecule has 1 rings (SSSR count). The van der Waals surface area contributed by atoms with Crippen LogP contribution >= 0.6 is 0 Å². The molecule has 108 valence electrons. The number of hydrogen-bond acceptors (Lipinski definition) is 2.